The fraction of sp³-hybridized carbons (Fsp3) is 0. The third kappa shape index (κ3) is 2.71. The second kappa shape index (κ2) is 7.94. The van der Waals surface area contributed by atoms with E-state index in [1.807, 2.05) is 12.3 Å². The van der Waals surface area contributed by atoms with Gasteiger partial charge < -0.3 is 9.13 Å². The summed E-state index contributed by atoms with van der Waals surface area (Å²) in [5.74, 6) is 0. The number of para-hydroxylation sites is 3. The summed E-state index contributed by atoms with van der Waals surface area (Å²) in [6, 6.07) is 33.9. The highest BCUT2D eigenvalue weighted by Crippen LogP contribution is 2.45. The second-order valence-corrected chi connectivity index (χ2v) is 9.97. The molecule has 0 radical (unpaired) electrons. The minimum absolute atomic E-state index is 0.896. The molecule has 4 aromatic heterocycles. The number of hydrogen-bond donors (Lipinski definition) is 0. The van der Waals surface area contributed by atoms with Crippen molar-refractivity contribution in [1.29, 1.82) is 0 Å². The van der Waals surface area contributed by atoms with Crippen LogP contribution in [0.3, 0.4) is 0 Å². The highest BCUT2D eigenvalue weighted by molar-refractivity contribution is 6.35. The fourth-order valence-corrected chi connectivity index (χ4v) is 6.39. The SMILES string of the molecule is c1ccc(-n2c3ccccc3c3c4nccnc4c4c5ccccc5n(-c5cccc6ncncc56)c4c32)cc1. The lowest BCUT2D eigenvalue weighted by atomic mass is 10.1. The molecule has 0 aliphatic carbocycles. The molecule has 0 N–H and O–H groups in total. The molecule has 0 aliphatic rings. The van der Waals surface area contributed by atoms with Crippen LogP contribution in [0.1, 0.15) is 0 Å². The Labute approximate surface area is 227 Å². The molecule has 5 aromatic carbocycles. The molecule has 6 heteroatoms. The molecule has 9 rings (SSSR count). The van der Waals surface area contributed by atoms with E-state index in [4.69, 9.17) is 9.97 Å². The monoisotopic (exact) mass is 512 g/mol. The van der Waals surface area contributed by atoms with Crippen molar-refractivity contribution in [1.82, 2.24) is 29.1 Å². The number of aromatic nitrogens is 6. The summed E-state index contributed by atoms with van der Waals surface area (Å²) in [6.07, 6.45) is 7.10. The van der Waals surface area contributed by atoms with E-state index in [0.717, 1.165) is 76.9 Å². The lowest BCUT2D eigenvalue weighted by molar-refractivity contribution is 1.15. The van der Waals surface area contributed by atoms with Gasteiger partial charge in [0.2, 0.25) is 0 Å². The quantitative estimate of drug-likeness (QED) is 0.237. The van der Waals surface area contributed by atoms with Gasteiger partial charge in [0.05, 0.1) is 44.3 Å². The van der Waals surface area contributed by atoms with E-state index in [-0.39, 0.29) is 0 Å². The maximum absolute atomic E-state index is 4.96. The van der Waals surface area contributed by atoms with Gasteiger partial charge >= 0.3 is 0 Å². The third-order valence-electron chi connectivity index (χ3n) is 7.93. The molecule has 0 amide bonds. The molecule has 0 spiro atoms. The zero-order valence-corrected chi connectivity index (χ0v) is 21.2. The van der Waals surface area contributed by atoms with E-state index in [1.54, 1.807) is 18.7 Å². The van der Waals surface area contributed by atoms with Crippen LogP contribution in [-0.4, -0.2) is 29.1 Å². The van der Waals surface area contributed by atoms with Gasteiger partial charge in [-0.1, -0.05) is 60.7 Å². The van der Waals surface area contributed by atoms with Gasteiger partial charge in [-0.3, -0.25) is 9.97 Å². The van der Waals surface area contributed by atoms with Crippen molar-refractivity contribution in [2.24, 2.45) is 0 Å². The molecule has 40 heavy (non-hydrogen) atoms. The first kappa shape index (κ1) is 21.3. The van der Waals surface area contributed by atoms with Gasteiger partial charge in [0, 0.05) is 51.2 Å². The fourth-order valence-electron chi connectivity index (χ4n) is 6.39. The molecule has 4 heterocycles. The molecule has 0 atom stereocenters. The van der Waals surface area contributed by atoms with Crippen molar-refractivity contribution in [3.63, 3.8) is 0 Å². The topological polar surface area (TPSA) is 61.4 Å². The van der Waals surface area contributed by atoms with Crippen LogP contribution in [0.4, 0.5) is 0 Å². The average Bonchev–Trinajstić information content (AvgIpc) is 3.55. The molecule has 6 nitrogen and oxygen atoms in total. The van der Waals surface area contributed by atoms with Crippen LogP contribution in [0.2, 0.25) is 0 Å². The van der Waals surface area contributed by atoms with Gasteiger partial charge in [0.25, 0.3) is 0 Å². The van der Waals surface area contributed by atoms with E-state index < -0.39 is 0 Å². The molecule has 0 fully saturated rings. The number of nitrogens with zero attached hydrogens (tertiary/aromatic N) is 6. The first-order valence-electron chi connectivity index (χ1n) is 13.2. The smallest absolute Gasteiger partial charge is 0.116 e. The number of fused-ring (bicyclic) bond motifs is 11. The largest absolute Gasteiger partial charge is 0.307 e. The van der Waals surface area contributed by atoms with Gasteiger partial charge in [-0.15, -0.1) is 0 Å². The first-order chi connectivity index (χ1) is 19.9. The summed E-state index contributed by atoms with van der Waals surface area (Å²) in [7, 11) is 0. The van der Waals surface area contributed by atoms with E-state index in [9.17, 15) is 0 Å². The molecule has 186 valence electrons. The van der Waals surface area contributed by atoms with Crippen LogP contribution in [0.25, 0.3) is 76.9 Å². The van der Waals surface area contributed by atoms with E-state index >= 15 is 0 Å². The summed E-state index contributed by atoms with van der Waals surface area (Å²) in [5.41, 5.74) is 9.22. The minimum Gasteiger partial charge on any atom is -0.307 e. The molecule has 0 saturated heterocycles. The van der Waals surface area contributed by atoms with Gasteiger partial charge in [-0.25, -0.2) is 9.97 Å². The first-order valence-corrected chi connectivity index (χ1v) is 13.2. The Morgan fingerprint density at radius 3 is 1.85 bits per heavy atom. The van der Waals surface area contributed by atoms with Crippen molar-refractivity contribution < 1.29 is 0 Å². The Kier molecular flexibility index (Phi) is 4.24. The Hall–Kier alpha value is -5.62. The van der Waals surface area contributed by atoms with Crippen LogP contribution in [0.5, 0.6) is 0 Å². The molecule has 0 unspecified atom stereocenters. The Morgan fingerprint density at radius 1 is 0.500 bits per heavy atom. The zero-order valence-electron chi connectivity index (χ0n) is 21.2. The summed E-state index contributed by atoms with van der Waals surface area (Å²) in [6.45, 7) is 0. The number of hydrogen-bond acceptors (Lipinski definition) is 4. The summed E-state index contributed by atoms with van der Waals surface area (Å²) < 4.78 is 4.74. The number of rotatable bonds is 2. The lowest BCUT2D eigenvalue weighted by Gasteiger charge is -2.14. The minimum atomic E-state index is 0.896. The zero-order chi connectivity index (χ0) is 26.2. The second-order valence-electron chi connectivity index (χ2n) is 9.97. The van der Waals surface area contributed by atoms with Crippen molar-refractivity contribution in [2.45, 2.75) is 0 Å². The highest BCUT2D eigenvalue weighted by Gasteiger charge is 2.26. The highest BCUT2D eigenvalue weighted by atomic mass is 15.1. The van der Waals surface area contributed by atoms with Crippen LogP contribution in [0, 0.1) is 0 Å². The predicted molar refractivity (Wildman–Crippen MR) is 161 cm³/mol. The summed E-state index contributed by atoms with van der Waals surface area (Å²) >= 11 is 0. The van der Waals surface area contributed by atoms with Crippen molar-refractivity contribution in [3.05, 3.63) is 122 Å². The van der Waals surface area contributed by atoms with Crippen molar-refractivity contribution in [2.75, 3.05) is 0 Å². The molecule has 0 aliphatic heterocycles. The third-order valence-corrected chi connectivity index (χ3v) is 7.93. The van der Waals surface area contributed by atoms with Crippen LogP contribution < -0.4 is 0 Å². The van der Waals surface area contributed by atoms with Crippen LogP contribution in [-0.2, 0) is 0 Å². The maximum atomic E-state index is 4.96. The molecule has 0 saturated carbocycles. The van der Waals surface area contributed by atoms with Crippen LogP contribution >= 0.6 is 0 Å². The maximum Gasteiger partial charge on any atom is 0.116 e. The normalized spacial score (nSPS) is 12.0. The van der Waals surface area contributed by atoms with Crippen LogP contribution in [0.15, 0.2) is 122 Å². The van der Waals surface area contributed by atoms with E-state index in [1.165, 1.54) is 0 Å². The van der Waals surface area contributed by atoms with Gasteiger partial charge in [0.15, 0.2) is 0 Å². The van der Waals surface area contributed by atoms with Gasteiger partial charge in [0.1, 0.15) is 6.33 Å². The summed E-state index contributed by atoms with van der Waals surface area (Å²) in [4.78, 5) is 18.9. The molecule has 0 bridgehead atoms. The predicted octanol–water partition coefficient (Wildman–Crippen LogP) is 7.77. The van der Waals surface area contributed by atoms with Gasteiger partial charge in [-0.05, 0) is 36.4 Å². The molecular formula is C34H20N6. The van der Waals surface area contributed by atoms with Crippen molar-refractivity contribution >= 4 is 65.5 Å². The average molecular weight is 513 g/mol. The van der Waals surface area contributed by atoms with Crippen molar-refractivity contribution in [3.8, 4) is 11.4 Å². The molecule has 9 aromatic rings. The Bertz CT molecular complexity index is 2430. The van der Waals surface area contributed by atoms with E-state index in [2.05, 4.69) is 110 Å². The summed E-state index contributed by atoms with van der Waals surface area (Å²) in [5, 5.41) is 5.44. The van der Waals surface area contributed by atoms with E-state index in [0.29, 0.717) is 0 Å². The standard InChI is InChI=1S/C34H20N6/c1-2-9-21(10-3-1)39-26-14-6-4-11-22(26)29-31-32(37-18-17-36-31)30-23-12-5-7-15-27(23)40(34(30)33(29)39)28-16-8-13-25-24(28)19-35-20-38-25/h1-20H. The number of benzene rings is 5. The Morgan fingerprint density at radius 2 is 1.12 bits per heavy atom. The lowest BCUT2D eigenvalue weighted by Crippen LogP contribution is -2.00. The Balaban J connectivity index is 1.67. The van der Waals surface area contributed by atoms with Gasteiger partial charge in [-0.2, -0.15) is 0 Å². The molecular weight excluding hydrogens is 492 g/mol.